The van der Waals surface area contributed by atoms with Crippen LogP contribution in [0.3, 0.4) is 0 Å². The maximum atomic E-state index is 12.8. The predicted molar refractivity (Wildman–Crippen MR) is 93.8 cm³/mol. The van der Waals surface area contributed by atoms with Gasteiger partial charge in [0.15, 0.2) is 0 Å². The van der Waals surface area contributed by atoms with Crippen molar-refractivity contribution in [2.45, 2.75) is 32.0 Å². The Morgan fingerprint density at radius 3 is 2.44 bits per heavy atom. The van der Waals surface area contributed by atoms with Crippen molar-refractivity contribution in [2.75, 3.05) is 13.2 Å². The fourth-order valence-electron chi connectivity index (χ4n) is 3.34. The zero-order valence-electron chi connectivity index (χ0n) is 13.7. The topological polar surface area (TPSA) is 86.4 Å². The van der Waals surface area contributed by atoms with Gasteiger partial charge in [-0.05, 0) is 31.0 Å². The molecule has 4 heterocycles. The lowest BCUT2D eigenvalue weighted by Gasteiger charge is -2.12. The number of ether oxygens (including phenoxy) is 1. The van der Waals surface area contributed by atoms with E-state index in [0.29, 0.717) is 28.4 Å². The largest absolute Gasteiger partial charge is 0.395 e. The number of nitrogens with zero attached hydrogens (tertiary/aromatic N) is 3. The van der Waals surface area contributed by atoms with Crippen molar-refractivity contribution in [3.05, 3.63) is 51.3 Å². The highest BCUT2D eigenvalue weighted by atomic mass is 16.5. The summed E-state index contributed by atoms with van der Waals surface area (Å²) >= 11 is 0. The molecular formula is C18H19N3O4. The number of pyridine rings is 3. The van der Waals surface area contributed by atoms with E-state index in [1.54, 1.807) is 35.2 Å². The van der Waals surface area contributed by atoms with Crippen molar-refractivity contribution in [2.24, 2.45) is 0 Å². The second-order valence-electron chi connectivity index (χ2n) is 6.30. The lowest BCUT2D eigenvalue weighted by molar-refractivity contribution is 0.0963. The first-order chi connectivity index (χ1) is 12.2. The minimum Gasteiger partial charge on any atom is -0.395 e. The highest BCUT2D eigenvalue weighted by molar-refractivity contribution is 5.91. The third kappa shape index (κ3) is 2.85. The first-order valence-electron chi connectivity index (χ1n) is 8.43. The van der Waals surface area contributed by atoms with Crippen molar-refractivity contribution in [1.29, 1.82) is 0 Å². The van der Waals surface area contributed by atoms with Crippen LogP contribution in [0.15, 0.2) is 40.2 Å². The van der Waals surface area contributed by atoms with Gasteiger partial charge < -0.3 is 19.0 Å². The molecule has 3 aromatic heterocycles. The molecule has 0 amide bonds. The molecule has 1 saturated heterocycles. The third-order valence-electron chi connectivity index (χ3n) is 4.65. The standard InChI is InChI=1S/C18H19N3O4/c22-8-7-20-5-3-15-13(17(20)23)10-14-16(19-15)4-6-21(18(14)24)11-12-2-1-9-25-12/h3-6,10,12,22H,1-2,7-9,11H2/t12-/m0/s1. The van der Waals surface area contributed by atoms with Gasteiger partial charge in [0.1, 0.15) is 0 Å². The van der Waals surface area contributed by atoms with E-state index in [4.69, 9.17) is 9.84 Å². The smallest absolute Gasteiger partial charge is 0.260 e. The van der Waals surface area contributed by atoms with Gasteiger partial charge in [-0.15, -0.1) is 0 Å². The molecule has 0 aliphatic carbocycles. The van der Waals surface area contributed by atoms with Crippen LogP contribution in [0.4, 0.5) is 0 Å². The third-order valence-corrected chi connectivity index (χ3v) is 4.65. The summed E-state index contributed by atoms with van der Waals surface area (Å²) in [5.41, 5.74) is 0.692. The van der Waals surface area contributed by atoms with Gasteiger partial charge in [-0.3, -0.25) is 9.59 Å². The van der Waals surface area contributed by atoms with Crippen molar-refractivity contribution in [3.8, 4) is 0 Å². The van der Waals surface area contributed by atoms with Crippen LogP contribution in [0.1, 0.15) is 12.8 Å². The van der Waals surface area contributed by atoms with Crippen molar-refractivity contribution < 1.29 is 9.84 Å². The number of aliphatic hydroxyl groups is 1. The normalized spacial score (nSPS) is 17.6. The van der Waals surface area contributed by atoms with Crippen LogP contribution in [-0.2, 0) is 17.8 Å². The van der Waals surface area contributed by atoms with Gasteiger partial charge in [0.2, 0.25) is 0 Å². The van der Waals surface area contributed by atoms with E-state index in [1.165, 1.54) is 4.57 Å². The van der Waals surface area contributed by atoms with E-state index < -0.39 is 0 Å². The minimum atomic E-state index is -0.255. The fraction of sp³-hybridized carbons (Fsp3) is 0.389. The second-order valence-corrected chi connectivity index (χ2v) is 6.30. The minimum absolute atomic E-state index is 0.0605. The van der Waals surface area contributed by atoms with Gasteiger partial charge in [-0.1, -0.05) is 0 Å². The number of hydrogen-bond acceptors (Lipinski definition) is 5. The number of rotatable bonds is 4. The van der Waals surface area contributed by atoms with E-state index >= 15 is 0 Å². The van der Waals surface area contributed by atoms with Crippen molar-refractivity contribution in [3.63, 3.8) is 0 Å². The number of fused-ring (bicyclic) bond motifs is 2. The Bertz CT molecular complexity index is 1050. The quantitative estimate of drug-likeness (QED) is 0.712. The zero-order chi connectivity index (χ0) is 17.4. The molecule has 0 bridgehead atoms. The van der Waals surface area contributed by atoms with E-state index in [2.05, 4.69) is 4.98 Å². The van der Waals surface area contributed by atoms with Gasteiger partial charge in [0, 0.05) is 25.5 Å². The lowest BCUT2D eigenvalue weighted by atomic mass is 10.2. The summed E-state index contributed by atoms with van der Waals surface area (Å²) in [4.78, 5) is 29.8. The number of hydrogen-bond donors (Lipinski definition) is 1. The van der Waals surface area contributed by atoms with Crippen LogP contribution in [0.5, 0.6) is 0 Å². The van der Waals surface area contributed by atoms with Crippen LogP contribution in [0, 0.1) is 0 Å². The molecule has 7 heteroatoms. The van der Waals surface area contributed by atoms with Crippen LogP contribution in [-0.4, -0.2) is 38.5 Å². The first kappa shape index (κ1) is 16.0. The molecule has 4 rings (SSSR count). The van der Waals surface area contributed by atoms with Gasteiger partial charge in [0.25, 0.3) is 11.1 Å². The summed E-state index contributed by atoms with van der Waals surface area (Å²) in [7, 11) is 0. The molecule has 0 unspecified atom stereocenters. The van der Waals surface area contributed by atoms with Crippen molar-refractivity contribution in [1.82, 2.24) is 14.1 Å². The molecule has 1 atom stereocenters. The van der Waals surface area contributed by atoms with Crippen LogP contribution < -0.4 is 11.1 Å². The Labute approximate surface area is 143 Å². The SMILES string of the molecule is O=c1c2cc3c(=O)n(C[C@@H]4CCCO4)ccc3nc2ccn1CCO. The summed E-state index contributed by atoms with van der Waals surface area (Å²) < 4.78 is 8.65. The molecule has 1 fully saturated rings. The monoisotopic (exact) mass is 341 g/mol. The molecule has 1 aliphatic heterocycles. The first-order valence-corrected chi connectivity index (χ1v) is 8.43. The molecule has 130 valence electrons. The molecule has 0 spiro atoms. The average Bonchev–Trinajstić information content (AvgIpc) is 3.12. The number of aliphatic hydroxyl groups excluding tert-OH is 1. The maximum absolute atomic E-state index is 12.8. The molecular weight excluding hydrogens is 322 g/mol. The lowest BCUT2D eigenvalue weighted by Crippen LogP contribution is -2.26. The van der Waals surface area contributed by atoms with Gasteiger partial charge in [-0.2, -0.15) is 0 Å². The highest BCUT2D eigenvalue weighted by Gasteiger charge is 2.17. The molecule has 0 saturated carbocycles. The van der Waals surface area contributed by atoms with Crippen LogP contribution in [0.2, 0.25) is 0 Å². The zero-order valence-corrected chi connectivity index (χ0v) is 13.7. The Hall–Kier alpha value is -2.51. The molecule has 1 N–H and O–H groups in total. The van der Waals surface area contributed by atoms with Crippen LogP contribution in [0.25, 0.3) is 21.8 Å². The highest BCUT2D eigenvalue weighted by Crippen LogP contribution is 2.16. The number of aromatic nitrogens is 3. The van der Waals surface area contributed by atoms with E-state index in [0.717, 1.165) is 19.4 Å². The maximum Gasteiger partial charge on any atom is 0.260 e. The van der Waals surface area contributed by atoms with E-state index in [-0.39, 0.29) is 30.4 Å². The Morgan fingerprint density at radius 2 is 1.80 bits per heavy atom. The van der Waals surface area contributed by atoms with Gasteiger partial charge in [0.05, 0.1) is 41.1 Å². The molecule has 1 aliphatic rings. The Morgan fingerprint density at radius 1 is 1.12 bits per heavy atom. The fourth-order valence-corrected chi connectivity index (χ4v) is 3.34. The van der Waals surface area contributed by atoms with Gasteiger partial charge >= 0.3 is 0 Å². The van der Waals surface area contributed by atoms with E-state index in [1.807, 2.05) is 0 Å². The van der Waals surface area contributed by atoms with E-state index in [9.17, 15) is 9.59 Å². The summed E-state index contributed by atoms with van der Waals surface area (Å²) in [5.74, 6) is 0. The Kier molecular flexibility index (Phi) is 4.10. The summed E-state index contributed by atoms with van der Waals surface area (Å²) in [6.07, 6.45) is 5.37. The van der Waals surface area contributed by atoms with Gasteiger partial charge in [-0.25, -0.2) is 4.98 Å². The van der Waals surface area contributed by atoms with Crippen molar-refractivity contribution >= 4 is 21.8 Å². The second kappa shape index (κ2) is 6.42. The predicted octanol–water partition coefficient (Wildman–Crippen LogP) is 0.883. The summed E-state index contributed by atoms with van der Waals surface area (Å²) in [6.45, 7) is 1.34. The molecule has 7 nitrogen and oxygen atoms in total. The molecule has 25 heavy (non-hydrogen) atoms. The molecule has 0 aromatic carbocycles. The molecule has 0 radical (unpaired) electrons. The summed E-state index contributed by atoms with van der Waals surface area (Å²) in [6, 6.07) is 5.14. The Balaban J connectivity index is 1.86. The average molecular weight is 341 g/mol. The van der Waals surface area contributed by atoms with Crippen LogP contribution >= 0.6 is 0 Å². The summed E-state index contributed by atoms with van der Waals surface area (Å²) in [5, 5.41) is 9.87. The molecule has 3 aromatic rings.